The normalized spacial score (nSPS) is 16.7. The molecule has 0 bridgehead atoms. The van der Waals surface area contributed by atoms with Crippen LogP contribution < -0.4 is 5.56 Å². The van der Waals surface area contributed by atoms with Gasteiger partial charge in [-0.15, -0.1) is 11.3 Å². The van der Waals surface area contributed by atoms with Gasteiger partial charge in [0, 0.05) is 42.7 Å². The number of nitrogens with zero attached hydrogens (tertiary/aromatic N) is 4. The lowest BCUT2D eigenvalue weighted by Gasteiger charge is -2.34. The van der Waals surface area contributed by atoms with Crippen molar-refractivity contribution in [2.45, 2.75) is 38.6 Å². The van der Waals surface area contributed by atoms with Gasteiger partial charge in [0.1, 0.15) is 10.7 Å². The summed E-state index contributed by atoms with van der Waals surface area (Å²) in [4.78, 5) is 50.0. The van der Waals surface area contributed by atoms with E-state index in [0.717, 1.165) is 29.5 Å². The summed E-state index contributed by atoms with van der Waals surface area (Å²) in [5.74, 6) is 0.548. The third kappa shape index (κ3) is 4.40. The lowest BCUT2D eigenvalue weighted by atomic mass is 9.97. The van der Waals surface area contributed by atoms with Gasteiger partial charge < -0.3 is 9.88 Å². The van der Waals surface area contributed by atoms with E-state index < -0.39 is 4.92 Å². The third-order valence-electron chi connectivity index (χ3n) is 6.50. The van der Waals surface area contributed by atoms with Crippen molar-refractivity contribution in [3.8, 4) is 0 Å². The highest BCUT2D eigenvalue weighted by molar-refractivity contribution is 7.18. The van der Waals surface area contributed by atoms with Gasteiger partial charge in [-0.3, -0.25) is 24.6 Å². The number of nitro benzene ring substituents is 1. The molecule has 5 rings (SSSR count). The highest BCUT2D eigenvalue weighted by atomic mass is 32.1. The average molecular weight is 468 g/mol. The van der Waals surface area contributed by atoms with Crippen molar-refractivity contribution in [1.82, 2.24) is 19.8 Å². The second-order valence-electron chi connectivity index (χ2n) is 8.62. The minimum atomic E-state index is -0.449. The molecule has 0 radical (unpaired) electrons. The Morgan fingerprint density at radius 2 is 1.91 bits per heavy atom. The summed E-state index contributed by atoms with van der Waals surface area (Å²) in [5.41, 5.74) is 1.55. The molecule has 1 aliphatic carbocycles. The Hall–Kier alpha value is -3.11. The van der Waals surface area contributed by atoms with Crippen LogP contribution in [0, 0.1) is 10.1 Å². The van der Waals surface area contributed by atoms with Crippen molar-refractivity contribution in [3.63, 3.8) is 0 Å². The zero-order chi connectivity index (χ0) is 22.9. The van der Waals surface area contributed by atoms with Gasteiger partial charge in [-0.2, -0.15) is 0 Å². The molecule has 3 heterocycles. The quantitative estimate of drug-likeness (QED) is 0.456. The van der Waals surface area contributed by atoms with Gasteiger partial charge in [0.2, 0.25) is 5.91 Å². The van der Waals surface area contributed by atoms with Crippen molar-refractivity contribution in [2.24, 2.45) is 0 Å². The lowest BCUT2D eigenvalue weighted by molar-refractivity contribution is -0.385. The lowest BCUT2D eigenvalue weighted by Crippen LogP contribution is -2.49. The Kier molecular flexibility index (Phi) is 5.94. The molecule has 2 aliphatic rings. The van der Waals surface area contributed by atoms with E-state index in [1.165, 1.54) is 22.9 Å². The largest absolute Gasteiger partial charge is 0.340 e. The van der Waals surface area contributed by atoms with Crippen LogP contribution in [0.25, 0.3) is 10.2 Å². The van der Waals surface area contributed by atoms with Crippen molar-refractivity contribution >= 4 is 33.1 Å². The van der Waals surface area contributed by atoms with E-state index in [9.17, 15) is 19.7 Å². The smallest absolute Gasteiger partial charge is 0.273 e. The van der Waals surface area contributed by atoms with Gasteiger partial charge in [0.15, 0.2) is 0 Å². The van der Waals surface area contributed by atoms with E-state index in [1.54, 1.807) is 34.4 Å². The molecule has 0 spiro atoms. The van der Waals surface area contributed by atoms with E-state index >= 15 is 0 Å². The number of aromatic amines is 1. The Morgan fingerprint density at radius 3 is 2.70 bits per heavy atom. The number of aryl methyl sites for hydroxylation is 2. The van der Waals surface area contributed by atoms with Crippen molar-refractivity contribution in [1.29, 1.82) is 0 Å². The molecule has 3 aromatic rings. The predicted octanol–water partition coefficient (Wildman–Crippen LogP) is 2.66. The van der Waals surface area contributed by atoms with Crippen LogP contribution in [0.2, 0.25) is 0 Å². The van der Waals surface area contributed by atoms with Gasteiger partial charge in [-0.25, -0.2) is 4.98 Å². The number of piperazine rings is 1. The summed E-state index contributed by atoms with van der Waals surface area (Å²) in [7, 11) is 0. The fourth-order valence-electron chi connectivity index (χ4n) is 4.76. The maximum Gasteiger partial charge on any atom is 0.273 e. The fourth-order valence-corrected chi connectivity index (χ4v) is 6.04. The number of hydrogen-bond acceptors (Lipinski definition) is 7. The molecule has 172 valence electrons. The minimum Gasteiger partial charge on any atom is -0.340 e. The van der Waals surface area contributed by atoms with Gasteiger partial charge in [0.05, 0.1) is 23.3 Å². The summed E-state index contributed by atoms with van der Waals surface area (Å²) in [5, 5.41) is 12.0. The summed E-state index contributed by atoms with van der Waals surface area (Å²) in [6.45, 7) is 2.93. The Labute approximate surface area is 194 Å². The first-order chi connectivity index (χ1) is 16.0. The van der Waals surface area contributed by atoms with Crippen LogP contribution in [0.15, 0.2) is 29.1 Å². The van der Waals surface area contributed by atoms with Crippen LogP contribution in [-0.2, 0) is 30.6 Å². The molecule has 1 N–H and O–H groups in total. The van der Waals surface area contributed by atoms with Crippen LogP contribution in [0.5, 0.6) is 0 Å². The summed E-state index contributed by atoms with van der Waals surface area (Å²) >= 11 is 1.65. The number of amides is 1. The maximum atomic E-state index is 12.8. The number of benzene rings is 1. The molecule has 1 amide bonds. The van der Waals surface area contributed by atoms with Gasteiger partial charge in [-0.05, 0) is 31.2 Å². The molecule has 1 aliphatic heterocycles. The van der Waals surface area contributed by atoms with Gasteiger partial charge in [-0.1, -0.05) is 18.2 Å². The molecular weight excluding hydrogens is 442 g/mol. The number of carbonyl (C=O) groups is 1. The van der Waals surface area contributed by atoms with Crippen molar-refractivity contribution in [2.75, 3.05) is 26.2 Å². The number of fused-ring (bicyclic) bond motifs is 3. The van der Waals surface area contributed by atoms with Crippen LogP contribution in [0.1, 0.15) is 34.7 Å². The fraction of sp³-hybridized carbons (Fsp3) is 0.435. The van der Waals surface area contributed by atoms with Crippen LogP contribution >= 0.6 is 11.3 Å². The molecular formula is C23H25N5O4S. The molecule has 9 nitrogen and oxygen atoms in total. The number of H-pyrrole nitrogens is 1. The summed E-state index contributed by atoms with van der Waals surface area (Å²) in [6.07, 6.45) is 4.31. The van der Waals surface area contributed by atoms with E-state index in [4.69, 9.17) is 4.98 Å². The molecule has 2 aromatic heterocycles. The number of aromatic nitrogens is 2. The monoisotopic (exact) mass is 467 g/mol. The Morgan fingerprint density at radius 1 is 1.15 bits per heavy atom. The summed E-state index contributed by atoms with van der Waals surface area (Å²) < 4.78 is 0. The molecule has 1 fully saturated rings. The Balaban J connectivity index is 1.22. The van der Waals surface area contributed by atoms with Gasteiger partial charge in [0.25, 0.3) is 11.2 Å². The van der Waals surface area contributed by atoms with E-state index in [-0.39, 0.29) is 23.6 Å². The van der Waals surface area contributed by atoms with Gasteiger partial charge >= 0.3 is 0 Å². The molecule has 0 unspecified atom stereocenters. The standard InChI is InChI=1S/C23H25N5O4S/c29-20(13-15-5-1-3-7-17(15)28(31)32)27-11-9-26(10-12-27)14-19-24-22(30)21-16-6-2-4-8-18(16)33-23(21)25-19/h1,3,5,7H,2,4,6,8-14H2,(H,24,25,30). The second-order valence-corrected chi connectivity index (χ2v) is 9.71. The number of hydrogen-bond donors (Lipinski definition) is 1. The second kappa shape index (κ2) is 9.03. The molecule has 1 aromatic carbocycles. The molecule has 0 saturated carbocycles. The molecule has 1 saturated heterocycles. The van der Waals surface area contributed by atoms with Crippen molar-refractivity contribution in [3.05, 3.63) is 66.6 Å². The molecule has 33 heavy (non-hydrogen) atoms. The zero-order valence-electron chi connectivity index (χ0n) is 18.2. The molecule has 10 heteroatoms. The number of rotatable bonds is 5. The topological polar surface area (TPSA) is 112 Å². The number of para-hydroxylation sites is 1. The zero-order valence-corrected chi connectivity index (χ0v) is 19.0. The number of nitrogens with one attached hydrogen (secondary N) is 1. The number of thiophene rings is 1. The van der Waals surface area contributed by atoms with Crippen LogP contribution in [0.4, 0.5) is 5.69 Å². The summed E-state index contributed by atoms with van der Waals surface area (Å²) in [6, 6.07) is 6.37. The maximum absolute atomic E-state index is 12.8. The number of nitro groups is 1. The number of carbonyl (C=O) groups excluding carboxylic acids is 1. The van der Waals surface area contributed by atoms with E-state index in [2.05, 4.69) is 9.88 Å². The van der Waals surface area contributed by atoms with E-state index in [0.29, 0.717) is 44.1 Å². The first-order valence-electron chi connectivity index (χ1n) is 11.3. The highest BCUT2D eigenvalue weighted by Crippen LogP contribution is 2.33. The first kappa shape index (κ1) is 21.7. The van der Waals surface area contributed by atoms with E-state index in [1.807, 2.05) is 0 Å². The average Bonchev–Trinajstić information content (AvgIpc) is 3.18. The predicted molar refractivity (Wildman–Crippen MR) is 126 cm³/mol. The SMILES string of the molecule is O=C(Cc1ccccc1[N+](=O)[O-])N1CCN(Cc2nc3sc4c(c3c(=O)[nH]2)CCCC4)CC1. The minimum absolute atomic E-state index is 0.0196. The van der Waals surface area contributed by atoms with Crippen LogP contribution in [0.3, 0.4) is 0 Å². The highest BCUT2D eigenvalue weighted by Gasteiger charge is 2.25. The molecule has 0 atom stereocenters. The van der Waals surface area contributed by atoms with Crippen molar-refractivity contribution < 1.29 is 9.72 Å². The first-order valence-corrected chi connectivity index (χ1v) is 12.1. The third-order valence-corrected chi connectivity index (χ3v) is 7.69. The Bertz CT molecular complexity index is 1280. The van der Waals surface area contributed by atoms with Crippen LogP contribution in [-0.4, -0.2) is 56.8 Å².